The molecule has 0 spiro atoms. The highest BCUT2D eigenvalue weighted by atomic mass is 16.5. The maximum atomic E-state index is 5.52. The number of nitrogens with one attached hydrogen (secondary N) is 1. The van der Waals surface area contributed by atoms with Crippen molar-refractivity contribution in [3.63, 3.8) is 0 Å². The van der Waals surface area contributed by atoms with Gasteiger partial charge in [0.2, 0.25) is 0 Å². The average molecular weight is 278 g/mol. The van der Waals surface area contributed by atoms with E-state index in [-0.39, 0.29) is 0 Å². The zero-order chi connectivity index (χ0) is 15.0. The molecule has 1 aromatic carbocycles. The highest BCUT2D eigenvalue weighted by Crippen LogP contribution is 2.26. The quantitative estimate of drug-likeness (QED) is 0.748. The third-order valence-electron chi connectivity index (χ3n) is 3.71. The van der Waals surface area contributed by atoms with Gasteiger partial charge in [0.05, 0.1) is 7.11 Å². The van der Waals surface area contributed by atoms with Gasteiger partial charge in [0.25, 0.3) is 0 Å². The van der Waals surface area contributed by atoms with Crippen molar-refractivity contribution < 1.29 is 4.74 Å². The van der Waals surface area contributed by atoms with E-state index >= 15 is 0 Å². The van der Waals surface area contributed by atoms with Crippen LogP contribution in [-0.4, -0.2) is 37.7 Å². The van der Waals surface area contributed by atoms with Crippen molar-refractivity contribution in [3.05, 3.63) is 29.8 Å². The van der Waals surface area contributed by atoms with Gasteiger partial charge in [0.15, 0.2) is 0 Å². The van der Waals surface area contributed by atoms with Gasteiger partial charge < -0.3 is 10.1 Å². The van der Waals surface area contributed by atoms with Crippen molar-refractivity contribution in [1.82, 2.24) is 10.2 Å². The van der Waals surface area contributed by atoms with Gasteiger partial charge in [-0.15, -0.1) is 0 Å². The summed E-state index contributed by atoms with van der Waals surface area (Å²) in [5.74, 6) is 0.973. The van der Waals surface area contributed by atoms with Gasteiger partial charge in [-0.2, -0.15) is 0 Å². The Morgan fingerprint density at radius 2 is 1.90 bits per heavy atom. The van der Waals surface area contributed by atoms with Gasteiger partial charge in [-0.1, -0.05) is 32.0 Å². The number of rotatable bonds is 9. The second-order valence-electron chi connectivity index (χ2n) is 5.43. The molecule has 3 nitrogen and oxygen atoms in total. The zero-order valence-corrected chi connectivity index (χ0v) is 13.6. The summed E-state index contributed by atoms with van der Waals surface area (Å²) in [6.07, 6.45) is 1.14. The zero-order valence-electron chi connectivity index (χ0n) is 13.6. The molecule has 114 valence electrons. The number of benzene rings is 1. The first-order valence-corrected chi connectivity index (χ1v) is 7.74. The molecule has 3 heteroatoms. The summed E-state index contributed by atoms with van der Waals surface area (Å²) in [5.41, 5.74) is 1.25. The van der Waals surface area contributed by atoms with Gasteiger partial charge >= 0.3 is 0 Å². The van der Waals surface area contributed by atoms with E-state index in [4.69, 9.17) is 4.74 Å². The fraction of sp³-hybridized carbons (Fsp3) is 0.647. The molecule has 1 aromatic rings. The minimum Gasteiger partial charge on any atom is -0.496 e. The molecule has 1 unspecified atom stereocenters. The second-order valence-corrected chi connectivity index (χ2v) is 5.43. The number of hydrogen-bond acceptors (Lipinski definition) is 3. The third kappa shape index (κ3) is 4.80. The maximum Gasteiger partial charge on any atom is 0.123 e. The Hall–Kier alpha value is -1.06. The van der Waals surface area contributed by atoms with E-state index in [1.54, 1.807) is 7.11 Å². The Bertz CT molecular complexity index is 379. The lowest BCUT2D eigenvalue weighted by molar-refractivity contribution is 0.206. The number of hydrogen-bond donors (Lipinski definition) is 1. The van der Waals surface area contributed by atoms with Crippen LogP contribution in [0.4, 0.5) is 0 Å². The number of nitrogens with zero attached hydrogens (tertiary/aromatic N) is 1. The Kier molecular flexibility index (Phi) is 7.63. The number of ether oxygens (including phenoxy) is 1. The molecule has 1 atom stereocenters. The molecule has 0 aliphatic heterocycles. The van der Waals surface area contributed by atoms with E-state index < -0.39 is 0 Å². The normalized spacial score (nSPS) is 12.9. The van der Waals surface area contributed by atoms with Crippen LogP contribution in [0.1, 0.15) is 45.7 Å². The fourth-order valence-corrected chi connectivity index (χ4v) is 2.49. The lowest BCUT2D eigenvalue weighted by Gasteiger charge is -2.31. The van der Waals surface area contributed by atoms with Crippen molar-refractivity contribution in [3.8, 4) is 5.75 Å². The number of methoxy groups -OCH3 is 1. The molecule has 0 aliphatic carbocycles. The smallest absolute Gasteiger partial charge is 0.123 e. The summed E-state index contributed by atoms with van der Waals surface area (Å²) in [7, 11) is 1.75. The summed E-state index contributed by atoms with van der Waals surface area (Å²) < 4.78 is 5.52. The summed E-state index contributed by atoms with van der Waals surface area (Å²) in [4.78, 5) is 2.49. The topological polar surface area (TPSA) is 24.5 Å². The first kappa shape index (κ1) is 17.0. The number of likely N-dealkylation sites (N-methyl/N-ethyl adjacent to an activating group) is 1. The minimum absolute atomic E-state index is 0.313. The van der Waals surface area contributed by atoms with Gasteiger partial charge in [-0.25, -0.2) is 0 Å². The number of para-hydroxylation sites is 1. The minimum atomic E-state index is 0.313. The van der Waals surface area contributed by atoms with Crippen LogP contribution in [0.15, 0.2) is 24.3 Å². The van der Waals surface area contributed by atoms with Crippen LogP contribution < -0.4 is 10.1 Å². The van der Waals surface area contributed by atoms with Crippen LogP contribution in [0.25, 0.3) is 0 Å². The molecule has 0 amide bonds. The molecule has 0 saturated heterocycles. The lowest BCUT2D eigenvalue weighted by atomic mass is 10.0. The van der Waals surface area contributed by atoms with Gasteiger partial charge in [0.1, 0.15) is 5.75 Å². The Morgan fingerprint density at radius 3 is 2.45 bits per heavy atom. The highest BCUT2D eigenvalue weighted by molar-refractivity contribution is 5.36. The van der Waals surface area contributed by atoms with E-state index in [1.165, 1.54) is 5.56 Å². The SMILES string of the molecule is CCCNC(CN(CC)C(C)C)c1ccccc1OC. The van der Waals surface area contributed by atoms with Crippen LogP contribution >= 0.6 is 0 Å². The van der Waals surface area contributed by atoms with Crippen molar-refractivity contribution >= 4 is 0 Å². The van der Waals surface area contributed by atoms with E-state index in [0.29, 0.717) is 12.1 Å². The molecule has 0 bridgehead atoms. The molecule has 1 rings (SSSR count). The van der Waals surface area contributed by atoms with Gasteiger partial charge in [0, 0.05) is 24.2 Å². The van der Waals surface area contributed by atoms with Crippen molar-refractivity contribution in [2.75, 3.05) is 26.7 Å². The molecular formula is C17H30N2O. The van der Waals surface area contributed by atoms with Crippen molar-refractivity contribution in [2.24, 2.45) is 0 Å². The van der Waals surface area contributed by atoms with Crippen molar-refractivity contribution in [1.29, 1.82) is 0 Å². The second kappa shape index (κ2) is 8.98. The molecular weight excluding hydrogens is 248 g/mol. The van der Waals surface area contributed by atoms with E-state index in [2.05, 4.69) is 50.0 Å². The van der Waals surface area contributed by atoms with Crippen LogP contribution in [-0.2, 0) is 0 Å². The van der Waals surface area contributed by atoms with E-state index in [1.807, 2.05) is 12.1 Å². The standard InChI is InChI=1S/C17H30N2O/c1-6-12-18-16(13-19(7-2)14(3)4)15-10-8-9-11-17(15)20-5/h8-11,14,16,18H,6-7,12-13H2,1-5H3. The molecule has 0 saturated carbocycles. The van der Waals surface area contributed by atoms with Crippen LogP contribution in [0.3, 0.4) is 0 Å². The highest BCUT2D eigenvalue weighted by Gasteiger charge is 2.19. The molecule has 0 fully saturated rings. The largest absolute Gasteiger partial charge is 0.496 e. The summed E-state index contributed by atoms with van der Waals surface area (Å²) in [5, 5.41) is 3.66. The lowest BCUT2D eigenvalue weighted by Crippen LogP contribution is -2.39. The van der Waals surface area contributed by atoms with Crippen LogP contribution in [0.2, 0.25) is 0 Å². The molecule has 0 aliphatic rings. The fourth-order valence-electron chi connectivity index (χ4n) is 2.49. The van der Waals surface area contributed by atoms with E-state index in [9.17, 15) is 0 Å². The summed E-state index contributed by atoms with van der Waals surface area (Å²) in [6.45, 7) is 12.0. The first-order valence-electron chi connectivity index (χ1n) is 7.74. The van der Waals surface area contributed by atoms with Crippen LogP contribution in [0, 0.1) is 0 Å². The van der Waals surface area contributed by atoms with Gasteiger partial charge in [-0.3, -0.25) is 4.90 Å². The molecule has 1 N–H and O–H groups in total. The average Bonchev–Trinajstić information content (AvgIpc) is 2.47. The van der Waals surface area contributed by atoms with Gasteiger partial charge in [-0.05, 0) is 39.4 Å². The summed E-state index contributed by atoms with van der Waals surface area (Å²) >= 11 is 0. The third-order valence-corrected chi connectivity index (χ3v) is 3.71. The Morgan fingerprint density at radius 1 is 1.20 bits per heavy atom. The molecule has 0 radical (unpaired) electrons. The van der Waals surface area contributed by atoms with Crippen LogP contribution in [0.5, 0.6) is 5.75 Å². The summed E-state index contributed by atoms with van der Waals surface area (Å²) in [6, 6.07) is 9.19. The molecule has 0 heterocycles. The maximum absolute atomic E-state index is 5.52. The molecule has 20 heavy (non-hydrogen) atoms. The Balaban J connectivity index is 2.92. The molecule has 0 aromatic heterocycles. The first-order chi connectivity index (χ1) is 9.63. The Labute approximate surface area is 124 Å². The predicted octanol–water partition coefficient (Wildman–Crippen LogP) is 3.47. The van der Waals surface area contributed by atoms with E-state index in [0.717, 1.165) is 31.8 Å². The predicted molar refractivity (Wildman–Crippen MR) is 86.4 cm³/mol. The monoisotopic (exact) mass is 278 g/mol. The van der Waals surface area contributed by atoms with Crippen molar-refractivity contribution in [2.45, 2.75) is 46.2 Å².